The van der Waals surface area contributed by atoms with Crippen LogP contribution in [0.25, 0.3) is 0 Å². The number of likely N-dealkylation sites (tertiary alicyclic amines) is 1. The van der Waals surface area contributed by atoms with E-state index in [2.05, 4.69) is 41.1 Å². The topological polar surface area (TPSA) is 31.9 Å². The smallest absolute Gasteiger partial charge is 0.0522 e. The van der Waals surface area contributed by atoms with Gasteiger partial charge in [0.1, 0.15) is 0 Å². The van der Waals surface area contributed by atoms with Gasteiger partial charge in [0.25, 0.3) is 0 Å². The summed E-state index contributed by atoms with van der Waals surface area (Å²) < 4.78 is 0. The number of hydrogen-bond acceptors (Lipinski definition) is 2. The third-order valence-electron chi connectivity index (χ3n) is 4.59. The normalized spacial score (nSPS) is 19.4. The second-order valence-corrected chi connectivity index (χ2v) is 7.55. The Morgan fingerprint density at radius 1 is 1.39 bits per heavy atom. The lowest BCUT2D eigenvalue weighted by Gasteiger charge is -2.32. The third-order valence-corrected chi connectivity index (χ3v) is 4.82. The van der Waals surface area contributed by atoms with Gasteiger partial charge >= 0.3 is 0 Å². The number of rotatable bonds is 5. The van der Waals surface area contributed by atoms with Crippen LogP contribution < -0.4 is 0 Å². The molecule has 1 aromatic heterocycles. The first-order valence-corrected chi connectivity index (χ1v) is 8.98. The van der Waals surface area contributed by atoms with E-state index in [0.717, 1.165) is 31.1 Å². The zero-order valence-corrected chi connectivity index (χ0v) is 14.8. The van der Waals surface area contributed by atoms with Crippen molar-refractivity contribution < 1.29 is 0 Å². The first kappa shape index (κ1) is 16.5. The molecule has 4 heteroatoms. The van der Waals surface area contributed by atoms with Crippen molar-refractivity contribution in [2.24, 2.45) is 5.92 Å². The van der Waals surface area contributed by atoms with E-state index in [-0.39, 0.29) is 0 Å². The van der Waals surface area contributed by atoms with Gasteiger partial charge in [0, 0.05) is 29.7 Å². The molecule has 1 aromatic carbocycles. The van der Waals surface area contributed by atoms with Crippen molar-refractivity contribution >= 4 is 11.6 Å². The number of hydrogen-bond donors (Lipinski definition) is 1. The monoisotopic (exact) mass is 331 g/mol. The number of benzene rings is 1. The van der Waals surface area contributed by atoms with Crippen molar-refractivity contribution in [1.82, 2.24) is 15.1 Å². The summed E-state index contributed by atoms with van der Waals surface area (Å²) >= 11 is 6.11. The molecule has 1 aliphatic rings. The van der Waals surface area contributed by atoms with Crippen molar-refractivity contribution in [3.63, 3.8) is 0 Å². The van der Waals surface area contributed by atoms with E-state index in [1.54, 1.807) is 0 Å². The molecule has 1 atom stereocenters. The van der Waals surface area contributed by atoms with E-state index < -0.39 is 0 Å². The van der Waals surface area contributed by atoms with Gasteiger partial charge in [0.15, 0.2) is 0 Å². The Morgan fingerprint density at radius 3 is 3.04 bits per heavy atom. The summed E-state index contributed by atoms with van der Waals surface area (Å²) in [5, 5.41) is 8.41. The molecular formula is C19H26ClN3. The number of H-pyrrole nitrogens is 1. The van der Waals surface area contributed by atoms with E-state index in [1.165, 1.54) is 29.7 Å². The number of aromatic amines is 1. The summed E-state index contributed by atoms with van der Waals surface area (Å²) in [6.45, 7) is 7.77. The Labute approximate surface area is 144 Å². The summed E-state index contributed by atoms with van der Waals surface area (Å²) in [5.41, 5.74) is 4.05. The fourth-order valence-electron chi connectivity index (χ4n) is 3.61. The van der Waals surface area contributed by atoms with Gasteiger partial charge < -0.3 is 0 Å². The Hall–Kier alpha value is -1.32. The van der Waals surface area contributed by atoms with Crippen LogP contribution in [-0.4, -0.2) is 28.2 Å². The van der Waals surface area contributed by atoms with Crippen LogP contribution in [0.5, 0.6) is 0 Å². The van der Waals surface area contributed by atoms with Crippen LogP contribution in [0.2, 0.25) is 5.02 Å². The average Bonchev–Trinajstić information content (AvgIpc) is 2.95. The highest BCUT2D eigenvalue weighted by molar-refractivity contribution is 6.30. The Morgan fingerprint density at radius 2 is 2.26 bits per heavy atom. The number of aromatic nitrogens is 2. The molecule has 0 unspecified atom stereocenters. The lowest BCUT2D eigenvalue weighted by Crippen LogP contribution is -2.34. The number of piperidine rings is 1. The Kier molecular flexibility index (Phi) is 5.39. The minimum atomic E-state index is 0.569. The zero-order valence-electron chi connectivity index (χ0n) is 14.1. The first-order valence-electron chi connectivity index (χ1n) is 8.60. The average molecular weight is 332 g/mol. The van der Waals surface area contributed by atoms with Crippen LogP contribution in [0.15, 0.2) is 30.5 Å². The van der Waals surface area contributed by atoms with Gasteiger partial charge in [-0.05, 0) is 55.0 Å². The van der Waals surface area contributed by atoms with Gasteiger partial charge in [-0.2, -0.15) is 5.10 Å². The molecule has 124 valence electrons. The van der Waals surface area contributed by atoms with Crippen LogP contribution in [0.3, 0.4) is 0 Å². The highest BCUT2D eigenvalue weighted by atomic mass is 35.5. The molecule has 2 heterocycles. The van der Waals surface area contributed by atoms with E-state index in [1.807, 2.05) is 18.3 Å². The molecule has 0 amide bonds. The van der Waals surface area contributed by atoms with Crippen LogP contribution in [0.4, 0.5) is 0 Å². The van der Waals surface area contributed by atoms with Crippen LogP contribution in [-0.2, 0) is 13.0 Å². The van der Waals surface area contributed by atoms with Crippen molar-refractivity contribution in [1.29, 1.82) is 0 Å². The molecule has 1 saturated heterocycles. The Balaban J connectivity index is 1.67. The predicted molar refractivity (Wildman–Crippen MR) is 95.8 cm³/mol. The van der Waals surface area contributed by atoms with E-state index in [4.69, 9.17) is 11.6 Å². The maximum absolute atomic E-state index is 6.11. The van der Waals surface area contributed by atoms with Crippen LogP contribution >= 0.6 is 11.6 Å². The van der Waals surface area contributed by atoms with Gasteiger partial charge in [-0.1, -0.05) is 37.6 Å². The summed E-state index contributed by atoms with van der Waals surface area (Å²) in [7, 11) is 0. The summed E-state index contributed by atoms with van der Waals surface area (Å²) in [4.78, 5) is 2.54. The molecule has 1 N–H and O–H groups in total. The van der Waals surface area contributed by atoms with Crippen molar-refractivity contribution in [3.05, 3.63) is 52.3 Å². The molecule has 0 spiro atoms. The fourth-order valence-corrected chi connectivity index (χ4v) is 3.82. The largest absolute Gasteiger partial charge is 0.298 e. The molecule has 0 radical (unpaired) electrons. The van der Waals surface area contributed by atoms with E-state index in [0.29, 0.717) is 11.8 Å². The minimum Gasteiger partial charge on any atom is -0.298 e. The highest BCUT2D eigenvalue weighted by Crippen LogP contribution is 2.29. The van der Waals surface area contributed by atoms with Gasteiger partial charge in [-0.25, -0.2) is 0 Å². The van der Waals surface area contributed by atoms with E-state index >= 15 is 0 Å². The molecule has 3 nitrogen and oxygen atoms in total. The maximum Gasteiger partial charge on any atom is 0.0522 e. The van der Waals surface area contributed by atoms with Crippen LogP contribution in [0, 0.1) is 5.92 Å². The molecule has 1 aliphatic heterocycles. The second-order valence-electron chi connectivity index (χ2n) is 7.11. The van der Waals surface area contributed by atoms with Gasteiger partial charge in [-0.3, -0.25) is 10.00 Å². The molecular weight excluding hydrogens is 306 g/mol. The van der Waals surface area contributed by atoms with Crippen molar-refractivity contribution in [2.75, 3.05) is 13.1 Å². The molecule has 0 bridgehead atoms. The van der Waals surface area contributed by atoms with Gasteiger partial charge in [0.2, 0.25) is 0 Å². The lowest BCUT2D eigenvalue weighted by atomic mass is 9.90. The lowest BCUT2D eigenvalue weighted by molar-refractivity contribution is 0.198. The van der Waals surface area contributed by atoms with Gasteiger partial charge in [0.05, 0.1) is 6.20 Å². The van der Waals surface area contributed by atoms with E-state index in [9.17, 15) is 0 Å². The number of nitrogens with zero attached hydrogens (tertiary/aromatic N) is 2. The highest BCUT2D eigenvalue weighted by Gasteiger charge is 2.24. The minimum absolute atomic E-state index is 0.569. The van der Waals surface area contributed by atoms with Crippen LogP contribution in [0.1, 0.15) is 49.4 Å². The molecule has 1 fully saturated rings. The molecule has 2 aromatic rings. The molecule has 0 saturated carbocycles. The predicted octanol–water partition coefficient (Wildman–Crippen LogP) is 4.64. The standard InChI is InChI=1S/C19H26ClN3/c1-14(2)9-17-11-21-22-19(17)16-6-4-8-23(13-16)12-15-5-3-7-18(20)10-15/h3,5,7,10-11,14,16H,4,6,8-9,12-13H2,1-2H3,(H,21,22)/t16-/m0/s1. The molecule has 3 rings (SSSR count). The number of nitrogens with one attached hydrogen (secondary N) is 1. The van der Waals surface area contributed by atoms with Gasteiger partial charge in [-0.15, -0.1) is 0 Å². The summed E-state index contributed by atoms with van der Waals surface area (Å²) in [6, 6.07) is 8.21. The molecule has 0 aliphatic carbocycles. The first-order chi connectivity index (χ1) is 11.1. The fraction of sp³-hybridized carbons (Fsp3) is 0.526. The van der Waals surface area contributed by atoms with Crippen molar-refractivity contribution in [2.45, 2.75) is 45.6 Å². The van der Waals surface area contributed by atoms with Crippen molar-refractivity contribution in [3.8, 4) is 0 Å². The third kappa shape index (κ3) is 4.36. The molecule has 23 heavy (non-hydrogen) atoms. The quantitative estimate of drug-likeness (QED) is 0.865. The SMILES string of the molecule is CC(C)Cc1cn[nH]c1[C@H]1CCCN(Cc2cccc(Cl)c2)C1. The summed E-state index contributed by atoms with van der Waals surface area (Å²) in [5.74, 6) is 1.23. The maximum atomic E-state index is 6.11. The zero-order chi connectivity index (χ0) is 16.2. The second kappa shape index (κ2) is 7.50. The summed E-state index contributed by atoms with van der Waals surface area (Å²) in [6.07, 6.45) is 5.62. The number of halogens is 1. The Bertz CT molecular complexity index is 635.